The summed E-state index contributed by atoms with van der Waals surface area (Å²) in [7, 11) is 0. The first-order chi connectivity index (χ1) is 9.49. The number of nitrogens with two attached hydrogens (primary N) is 1. The molecule has 0 amide bonds. The zero-order valence-electron chi connectivity index (χ0n) is 10.8. The number of hydrogen-bond donors (Lipinski definition) is 1. The van der Waals surface area contributed by atoms with E-state index in [1.807, 2.05) is 0 Å². The van der Waals surface area contributed by atoms with Crippen LogP contribution in [0.1, 0.15) is 21.5 Å². The van der Waals surface area contributed by atoms with E-state index >= 15 is 0 Å². The summed E-state index contributed by atoms with van der Waals surface area (Å²) in [6, 6.07) is 8.12. The Kier molecular flexibility index (Phi) is 3.98. The number of carbonyl (C=O) groups excluding carboxylic acids is 1. The number of rotatable bonds is 3. The minimum atomic E-state index is -0.744. The van der Waals surface area contributed by atoms with Crippen LogP contribution in [0.15, 0.2) is 36.4 Å². The molecule has 0 aliphatic heterocycles. The van der Waals surface area contributed by atoms with Gasteiger partial charge < -0.3 is 10.5 Å². The Labute approximate surface area is 115 Å². The van der Waals surface area contributed by atoms with E-state index in [4.69, 9.17) is 10.5 Å². The number of benzene rings is 2. The molecule has 0 aromatic heterocycles. The van der Waals surface area contributed by atoms with Crippen molar-refractivity contribution in [3.8, 4) is 0 Å². The molecule has 0 atom stereocenters. The molecular weight excluding hydrogens is 264 g/mol. The van der Waals surface area contributed by atoms with Crippen LogP contribution in [0.2, 0.25) is 0 Å². The highest BCUT2D eigenvalue weighted by molar-refractivity contribution is 5.90. The Hall–Kier alpha value is -2.43. The van der Waals surface area contributed by atoms with Gasteiger partial charge in [0.05, 0.1) is 11.1 Å². The molecule has 104 valence electrons. The summed E-state index contributed by atoms with van der Waals surface area (Å²) in [5, 5.41) is 0. The second-order valence-electron chi connectivity index (χ2n) is 4.35. The lowest BCUT2D eigenvalue weighted by molar-refractivity contribution is 0.0465. The van der Waals surface area contributed by atoms with E-state index in [1.165, 1.54) is 12.1 Å². The van der Waals surface area contributed by atoms with Gasteiger partial charge in [-0.15, -0.1) is 0 Å². The monoisotopic (exact) mass is 277 g/mol. The molecule has 2 N–H and O–H groups in total. The van der Waals surface area contributed by atoms with E-state index in [0.29, 0.717) is 5.69 Å². The highest BCUT2D eigenvalue weighted by atomic mass is 19.1. The van der Waals surface area contributed by atoms with Gasteiger partial charge >= 0.3 is 5.97 Å². The number of esters is 1. The van der Waals surface area contributed by atoms with Gasteiger partial charge in [-0.05, 0) is 42.8 Å². The summed E-state index contributed by atoms with van der Waals surface area (Å²) in [6.45, 7) is 1.30. The van der Waals surface area contributed by atoms with Crippen molar-refractivity contribution in [2.45, 2.75) is 13.5 Å². The van der Waals surface area contributed by atoms with Crippen molar-refractivity contribution in [2.75, 3.05) is 5.73 Å². The predicted octanol–water partition coefficient (Wildman–Crippen LogP) is 3.21. The second kappa shape index (κ2) is 5.69. The maximum absolute atomic E-state index is 13.4. The molecule has 0 heterocycles. The Morgan fingerprint density at radius 2 is 1.85 bits per heavy atom. The molecule has 0 fully saturated rings. The van der Waals surface area contributed by atoms with E-state index in [9.17, 15) is 13.6 Å². The molecule has 20 heavy (non-hydrogen) atoms. The Morgan fingerprint density at radius 3 is 2.45 bits per heavy atom. The van der Waals surface area contributed by atoms with Crippen LogP contribution in [0.5, 0.6) is 0 Å². The first-order valence-corrected chi connectivity index (χ1v) is 5.95. The number of ether oxygens (including phenoxy) is 1. The summed E-state index contributed by atoms with van der Waals surface area (Å²) >= 11 is 0. The number of carbonyl (C=O) groups is 1. The van der Waals surface area contributed by atoms with Gasteiger partial charge in [-0.1, -0.05) is 6.07 Å². The lowest BCUT2D eigenvalue weighted by atomic mass is 10.1. The molecule has 0 aliphatic rings. The van der Waals surface area contributed by atoms with Gasteiger partial charge in [-0.2, -0.15) is 0 Å². The molecule has 5 heteroatoms. The average Bonchev–Trinajstić information content (AvgIpc) is 2.41. The van der Waals surface area contributed by atoms with Gasteiger partial charge in [0.15, 0.2) is 0 Å². The standard InChI is InChI=1S/C15H13F2NO2/c1-9-7-10(5-6-14(9)18)15(19)20-8-11-12(16)3-2-4-13(11)17/h2-7H,8,18H2,1H3. The van der Waals surface area contributed by atoms with Gasteiger partial charge in [0, 0.05) is 5.69 Å². The van der Waals surface area contributed by atoms with Crippen LogP contribution in [0.4, 0.5) is 14.5 Å². The topological polar surface area (TPSA) is 52.3 Å². The van der Waals surface area contributed by atoms with Crippen molar-refractivity contribution in [3.05, 3.63) is 64.7 Å². The van der Waals surface area contributed by atoms with Crippen molar-refractivity contribution < 1.29 is 18.3 Å². The number of anilines is 1. The fourth-order valence-corrected chi connectivity index (χ4v) is 1.69. The number of halogens is 2. The van der Waals surface area contributed by atoms with Crippen LogP contribution in [0, 0.1) is 18.6 Å². The van der Waals surface area contributed by atoms with Crippen LogP contribution in [0.25, 0.3) is 0 Å². The summed E-state index contributed by atoms with van der Waals surface area (Å²) in [4.78, 5) is 11.8. The highest BCUT2D eigenvalue weighted by Crippen LogP contribution is 2.16. The number of hydrogen-bond acceptors (Lipinski definition) is 3. The van der Waals surface area contributed by atoms with Crippen molar-refractivity contribution in [3.63, 3.8) is 0 Å². The van der Waals surface area contributed by atoms with Gasteiger partial charge in [0.25, 0.3) is 0 Å². The second-order valence-corrected chi connectivity index (χ2v) is 4.35. The van der Waals surface area contributed by atoms with Crippen LogP contribution >= 0.6 is 0 Å². The molecule has 0 saturated carbocycles. The minimum Gasteiger partial charge on any atom is -0.457 e. The van der Waals surface area contributed by atoms with Crippen LogP contribution < -0.4 is 5.73 Å². The third-order valence-electron chi connectivity index (χ3n) is 2.91. The van der Waals surface area contributed by atoms with Crippen molar-refractivity contribution >= 4 is 11.7 Å². The molecule has 0 spiro atoms. The highest BCUT2D eigenvalue weighted by Gasteiger charge is 2.13. The molecule has 0 bridgehead atoms. The van der Waals surface area contributed by atoms with Crippen molar-refractivity contribution in [1.29, 1.82) is 0 Å². The Bertz CT molecular complexity index is 636. The lowest BCUT2D eigenvalue weighted by Gasteiger charge is -2.08. The van der Waals surface area contributed by atoms with Crippen LogP contribution in [0.3, 0.4) is 0 Å². The summed E-state index contributed by atoms with van der Waals surface area (Å²) in [5.74, 6) is -2.15. The SMILES string of the molecule is Cc1cc(C(=O)OCc2c(F)cccc2F)ccc1N. The van der Waals surface area contributed by atoms with E-state index in [0.717, 1.165) is 17.7 Å². The number of nitrogen functional groups attached to an aromatic ring is 1. The minimum absolute atomic E-state index is 0.270. The fraction of sp³-hybridized carbons (Fsp3) is 0.133. The fourth-order valence-electron chi connectivity index (χ4n) is 1.69. The van der Waals surface area contributed by atoms with E-state index in [-0.39, 0.29) is 11.1 Å². The van der Waals surface area contributed by atoms with E-state index in [2.05, 4.69) is 0 Å². The molecule has 2 aromatic carbocycles. The zero-order valence-corrected chi connectivity index (χ0v) is 10.8. The molecule has 0 saturated heterocycles. The van der Waals surface area contributed by atoms with Crippen molar-refractivity contribution in [1.82, 2.24) is 0 Å². The predicted molar refractivity (Wildman–Crippen MR) is 71.1 cm³/mol. The van der Waals surface area contributed by atoms with Gasteiger partial charge in [-0.3, -0.25) is 0 Å². The Morgan fingerprint density at radius 1 is 1.20 bits per heavy atom. The van der Waals surface area contributed by atoms with Gasteiger partial charge in [-0.25, -0.2) is 13.6 Å². The quantitative estimate of drug-likeness (QED) is 0.692. The molecule has 3 nitrogen and oxygen atoms in total. The number of aryl methyl sites for hydroxylation is 1. The molecule has 2 aromatic rings. The smallest absolute Gasteiger partial charge is 0.338 e. The van der Waals surface area contributed by atoms with Crippen LogP contribution in [-0.4, -0.2) is 5.97 Å². The maximum Gasteiger partial charge on any atom is 0.338 e. The van der Waals surface area contributed by atoms with Crippen molar-refractivity contribution in [2.24, 2.45) is 0 Å². The van der Waals surface area contributed by atoms with E-state index < -0.39 is 24.2 Å². The summed E-state index contributed by atoms with van der Waals surface area (Å²) in [5.41, 5.74) is 6.95. The first-order valence-electron chi connectivity index (χ1n) is 5.95. The third kappa shape index (κ3) is 2.93. The molecule has 0 radical (unpaired) electrons. The largest absolute Gasteiger partial charge is 0.457 e. The molecular formula is C15H13F2NO2. The summed E-state index contributed by atoms with van der Waals surface area (Å²) in [6.07, 6.45) is 0. The maximum atomic E-state index is 13.4. The normalized spacial score (nSPS) is 10.3. The molecule has 2 rings (SSSR count). The first kappa shape index (κ1) is 14.0. The molecule has 0 aliphatic carbocycles. The average molecular weight is 277 g/mol. The summed E-state index contributed by atoms with van der Waals surface area (Å²) < 4.78 is 31.7. The Balaban J connectivity index is 2.11. The van der Waals surface area contributed by atoms with Gasteiger partial charge in [0.2, 0.25) is 0 Å². The molecule has 0 unspecified atom stereocenters. The zero-order chi connectivity index (χ0) is 14.7. The lowest BCUT2D eigenvalue weighted by Crippen LogP contribution is -2.08. The third-order valence-corrected chi connectivity index (χ3v) is 2.91. The van der Waals surface area contributed by atoms with Crippen LogP contribution in [-0.2, 0) is 11.3 Å². The van der Waals surface area contributed by atoms with Gasteiger partial charge in [0.1, 0.15) is 18.2 Å². The van der Waals surface area contributed by atoms with E-state index in [1.54, 1.807) is 19.1 Å².